The number of fused-ring (bicyclic) bond motifs is 1. The molecule has 1 heterocycles. The Labute approximate surface area is 202 Å². The highest BCUT2D eigenvalue weighted by molar-refractivity contribution is 5.88. The Morgan fingerprint density at radius 1 is 1.11 bits per heavy atom. The van der Waals surface area contributed by atoms with Gasteiger partial charge in [0.05, 0.1) is 11.3 Å². The molecule has 35 heavy (non-hydrogen) atoms. The number of carbonyl (C=O) groups is 1. The second kappa shape index (κ2) is 11.2. The van der Waals surface area contributed by atoms with Crippen LogP contribution >= 0.6 is 0 Å². The van der Waals surface area contributed by atoms with Gasteiger partial charge < -0.3 is 35.4 Å². The van der Waals surface area contributed by atoms with Gasteiger partial charge in [0.1, 0.15) is 30.3 Å². The molecule has 0 fully saturated rings. The van der Waals surface area contributed by atoms with Crippen LogP contribution < -0.4 is 20.0 Å². The van der Waals surface area contributed by atoms with Gasteiger partial charge >= 0.3 is 5.97 Å². The first kappa shape index (κ1) is 24.5. The van der Waals surface area contributed by atoms with Gasteiger partial charge in [-0.3, -0.25) is 5.21 Å². The number of nitrogens with zero attached hydrogens (tertiary/aromatic N) is 1. The number of carboxylic acids is 1. The van der Waals surface area contributed by atoms with E-state index in [4.69, 9.17) is 19.8 Å². The van der Waals surface area contributed by atoms with Crippen LogP contribution in [0, 0.1) is 5.21 Å². The molecule has 0 radical (unpaired) electrons. The zero-order valence-electron chi connectivity index (χ0n) is 19.0. The highest BCUT2D eigenvalue weighted by atomic mass is 16.8. The number of aryl methyl sites for hydroxylation is 1. The molecule has 2 atom stereocenters. The van der Waals surface area contributed by atoms with Crippen molar-refractivity contribution in [2.45, 2.75) is 25.0 Å². The first-order valence-corrected chi connectivity index (χ1v) is 11.3. The fraction of sp³-hybridized carbons (Fsp3) is 0.269. The van der Waals surface area contributed by atoms with Gasteiger partial charge in [-0.1, -0.05) is 18.2 Å². The van der Waals surface area contributed by atoms with E-state index in [1.54, 1.807) is 36.4 Å². The van der Waals surface area contributed by atoms with E-state index in [1.807, 2.05) is 12.1 Å². The lowest BCUT2D eigenvalue weighted by Crippen LogP contribution is -2.39. The molecule has 9 nitrogen and oxygen atoms in total. The van der Waals surface area contributed by atoms with Gasteiger partial charge in [0.25, 0.3) is 0 Å². The molecule has 0 aliphatic carbocycles. The fourth-order valence-corrected chi connectivity index (χ4v) is 3.91. The Balaban J connectivity index is 1.22. The summed E-state index contributed by atoms with van der Waals surface area (Å²) < 4.78 is 11.6. The number of rotatable bonds is 10. The highest BCUT2D eigenvalue weighted by Gasteiger charge is 2.20. The number of anilines is 1. The lowest BCUT2D eigenvalue weighted by atomic mass is 9.96. The third kappa shape index (κ3) is 6.49. The first-order valence-electron chi connectivity index (χ1n) is 11.3. The molecule has 2 unspecified atom stereocenters. The summed E-state index contributed by atoms with van der Waals surface area (Å²) in [4.78, 5) is 11.0. The summed E-state index contributed by atoms with van der Waals surface area (Å²) in [6, 6.07) is 18.7. The summed E-state index contributed by atoms with van der Waals surface area (Å²) >= 11 is 0. The van der Waals surface area contributed by atoms with E-state index in [1.165, 1.54) is 12.1 Å². The van der Waals surface area contributed by atoms with E-state index in [0.29, 0.717) is 18.8 Å². The van der Waals surface area contributed by atoms with Crippen LogP contribution in [0.2, 0.25) is 0 Å². The maximum absolute atomic E-state index is 11.0. The van der Waals surface area contributed by atoms with Crippen molar-refractivity contribution in [3.8, 4) is 22.6 Å². The average Bonchev–Trinajstić information content (AvgIpc) is 2.87. The van der Waals surface area contributed by atoms with Crippen LogP contribution in [0.5, 0.6) is 11.5 Å². The van der Waals surface area contributed by atoms with Crippen LogP contribution in [0.25, 0.3) is 11.1 Å². The van der Waals surface area contributed by atoms with Crippen LogP contribution in [-0.2, 0) is 6.42 Å². The van der Waals surface area contributed by atoms with E-state index in [2.05, 4.69) is 11.4 Å². The van der Waals surface area contributed by atoms with Crippen LogP contribution in [0.1, 0.15) is 22.3 Å². The summed E-state index contributed by atoms with van der Waals surface area (Å²) in [5.74, 6) is 0.376. The number of nitrogens with one attached hydrogen (secondary N) is 1. The van der Waals surface area contributed by atoms with Gasteiger partial charge in [-0.25, -0.2) is 4.79 Å². The molecule has 3 aromatic rings. The van der Waals surface area contributed by atoms with E-state index in [0.717, 1.165) is 35.3 Å². The molecule has 1 aliphatic rings. The van der Waals surface area contributed by atoms with Gasteiger partial charge in [-0.2, -0.15) is 0 Å². The molecule has 0 saturated carbocycles. The third-order valence-corrected chi connectivity index (χ3v) is 5.81. The topological polar surface area (TPSA) is 135 Å². The van der Waals surface area contributed by atoms with Gasteiger partial charge in [0, 0.05) is 13.1 Å². The van der Waals surface area contributed by atoms with Crippen molar-refractivity contribution in [2.75, 3.05) is 24.9 Å². The average molecular weight is 480 g/mol. The molecule has 0 bridgehead atoms. The molecule has 0 aromatic heterocycles. The molecule has 0 saturated heterocycles. The number of carboxylic acid groups (broad SMARTS) is 1. The minimum atomic E-state index is -0.943. The quantitative estimate of drug-likeness (QED) is 0.322. The molecular weight excluding hydrogens is 452 g/mol. The number of aliphatic hydroxyl groups excluding tert-OH is 1. The van der Waals surface area contributed by atoms with Crippen LogP contribution in [-0.4, -0.2) is 53.3 Å². The maximum atomic E-state index is 11.0. The Hall–Kier alpha value is -3.63. The minimum absolute atomic E-state index is 0.0163. The maximum Gasteiger partial charge on any atom is 0.335 e. The Kier molecular flexibility index (Phi) is 7.84. The molecule has 1 aliphatic heterocycles. The lowest BCUT2D eigenvalue weighted by Gasteiger charge is -2.27. The molecule has 4 N–H and O–H groups in total. The molecule has 9 heteroatoms. The molecule has 184 valence electrons. The van der Waals surface area contributed by atoms with Gasteiger partial charge in [-0.15, -0.1) is 0 Å². The first-order chi connectivity index (χ1) is 16.9. The van der Waals surface area contributed by atoms with Crippen molar-refractivity contribution in [2.24, 2.45) is 0 Å². The smallest absolute Gasteiger partial charge is 0.335 e. The second-order valence-corrected chi connectivity index (χ2v) is 8.37. The van der Waals surface area contributed by atoms with E-state index in [9.17, 15) is 15.1 Å². The van der Waals surface area contributed by atoms with Crippen molar-refractivity contribution < 1.29 is 29.7 Å². The summed E-state index contributed by atoms with van der Waals surface area (Å²) in [5, 5.41) is 41.8. The molecule has 0 amide bonds. The summed E-state index contributed by atoms with van der Waals surface area (Å²) in [6.07, 6.45) is 0.952. The van der Waals surface area contributed by atoms with Gasteiger partial charge in [-0.05, 0) is 78.1 Å². The van der Waals surface area contributed by atoms with Crippen LogP contribution in [0.4, 0.5) is 5.69 Å². The zero-order valence-corrected chi connectivity index (χ0v) is 19.0. The lowest BCUT2D eigenvalue weighted by molar-refractivity contribution is 0.0697. The predicted molar refractivity (Wildman–Crippen MR) is 130 cm³/mol. The number of ether oxygens (including phenoxy) is 2. The number of benzene rings is 3. The summed E-state index contributed by atoms with van der Waals surface area (Å²) in [5.41, 5.74) is 3.44. The molecule has 4 rings (SSSR count). The SMILES string of the molecule is O=C(O)c1ccc(-c2ccc3c(c2)CCC(CNCC(O)COc2ccc(N([O-])O)cc2)O3)cc1. The largest absolute Gasteiger partial charge is 0.733 e. The van der Waals surface area contributed by atoms with Gasteiger partial charge in [0.15, 0.2) is 0 Å². The number of hydrogen-bond donors (Lipinski definition) is 4. The Morgan fingerprint density at radius 2 is 1.83 bits per heavy atom. The molecule has 0 spiro atoms. The third-order valence-electron chi connectivity index (χ3n) is 5.81. The van der Waals surface area contributed by atoms with Gasteiger partial charge in [0.2, 0.25) is 0 Å². The van der Waals surface area contributed by atoms with Crippen LogP contribution in [0.15, 0.2) is 66.7 Å². The molecule has 3 aromatic carbocycles. The zero-order chi connectivity index (χ0) is 24.8. The summed E-state index contributed by atoms with van der Waals surface area (Å²) in [7, 11) is 0. The molecular formula is C26H27N2O7-. The van der Waals surface area contributed by atoms with Crippen molar-refractivity contribution >= 4 is 11.7 Å². The number of aromatic carboxylic acids is 1. The van der Waals surface area contributed by atoms with Crippen molar-refractivity contribution in [1.29, 1.82) is 0 Å². The van der Waals surface area contributed by atoms with Crippen molar-refractivity contribution in [1.82, 2.24) is 5.32 Å². The number of hydrogen-bond acceptors (Lipinski definition) is 8. The number of aliphatic hydroxyl groups is 1. The van der Waals surface area contributed by atoms with Crippen molar-refractivity contribution in [3.05, 3.63) is 83.1 Å². The summed E-state index contributed by atoms with van der Waals surface area (Å²) in [6.45, 7) is 0.998. The normalized spacial score (nSPS) is 15.6. The Bertz CT molecular complexity index is 1130. The predicted octanol–water partition coefficient (Wildman–Crippen LogP) is 3.47. The second-order valence-electron chi connectivity index (χ2n) is 8.37. The minimum Gasteiger partial charge on any atom is -0.733 e. The van der Waals surface area contributed by atoms with E-state index in [-0.39, 0.29) is 29.2 Å². The Morgan fingerprint density at radius 3 is 2.51 bits per heavy atom. The fourth-order valence-electron chi connectivity index (χ4n) is 3.91. The monoisotopic (exact) mass is 479 g/mol. The van der Waals surface area contributed by atoms with E-state index >= 15 is 0 Å². The van der Waals surface area contributed by atoms with E-state index < -0.39 is 12.1 Å². The van der Waals surface area contributed by atoms with Crippen molar-refractivity contribution in [3.63, 3.8) is 0 Å². The van der Waals surface area contributed by atoms with Crippen LogP contribution in [0.3, 0.4) is 0 Å². The standard InChI is InChI=1S/C26H27N2O7/c29-22(16-34-23-10-7-21(8-11-23)28(32)33)14-27-15-24-9-5-20-13-19(6-12-25(20)35-24)17-1-3-18(4-2-17)26(30)31/h1-4,6-8,10-13,22,24,27,29,32H,5,9,14-16H2,(H,30,31)/q-1. The highest BCUT2D eigenvalue weighted by Crippen LogP contribution is 2.32.